The summed E-state index contributed by atoms with van der Waals surface area (Å²) in [6.07, 6.45) is 9.27. The van der Waals surface area contributed by atoms with Gasteiger partial charge < -0.3 is 15.2 Å². The number of nitrogens with zero attached hydrogens (tertiary/aromatic N) is 2. The number of benzene rings is 5. The average molecular weight is 605 g/mol. The van der Waals surface area contributed by atoms with E-state index < -0.39 is 5.97 Å². The number of aromatic nitrogens is 2. The van der Waals surface area contributed by atoms with Crippen LogP contribution in [0.3, 0.4) is 0 Å². The molecule has 0 radical (unpaired) electrons. The molecule has 7 heteroatoms. The largest absolute Gasteiger partial charge is 0.545 e. The Hall–Kier alpha value is -5.69. The van der Waals surface area contributed by atoms with Crippen LogP contribution in [-0.2, 0) is 12.8 Å². The number of hydrogen-bond donors (Lipinski definition) is 1. The molecule has 0 saturated heterocycles. The fraction of sp³-hybridized carbons (Fsp3) is 0.154. The second kappa shape index (κ2) is 12.0. The molecule has 5 aromatic carbocycles. The smallest absolute Gasteiger partial charge is 0.251 e. The van der Waals surface area contributed by atoms with Crippen LogP contribution < -0.4 is 10.4 Å². The Bertz CT molecular complexity index is 2260. The van der Waals surface area contributed by atoms with Crippen molar-refractivity contribution in [2.24, 2.45) is 0 Å². The van der Waals surface area contributed by atoms with Crippen molar-refractivity contribution in [2.45, 2.75) is 32.6 Å². The fourth-order valence-electron chi connectivity index (χ4n) is 6.75. The SMILES string of the molecule is Cc1ccc2c3ccc(C(=O)CCCc4cccnc4)c4c(C(=O)[O-])ccc(c5ccc(C(=O)NCCc6cccnc6)c1c52)c43. The molecule has 2 aromatic heterocycles. The van der Waals surface area contributed by atoms with E-state index in [9.17, 15) is 19.5 Å². The van der Waals surface area contributed by atoms with Crippen LogP contribution in [0, 0.1) is 6.92 Å². The molecular formula is C39H30N3O4-. The van der Waals surface area contributed by atoms with E-state index in [4.69, 9.17) is 0 Å². The first-order chi connectivity index (χ1) is 22.4. The van der Waals surface area contributed by atoms with Crippen molar-refractivity contribution in [3.05, 3.63) is 131 Å². The average Bonchev–Trinajstić information content (AvgIpc) is 3.08. The Morgan fingerprint density at radius 1 is 0.652 bits per heavy atom. The molecule has 226 valence electrons. The molecule has 2 heterocycles. The van der Waals surface area contributed by atoms with E-state index in [1.54, 1.807) is 36.9 Å². The summed E-state index contributed by atoms with van der Waals surface area (Å²) in [5, 5.41) is 21.8. The zero-order valence-corrected chi connectivity index (χ0v) is 25.3. The number of carbonyl (C=O) groups is 3. The maximum Gasteiger partial charge on any atom is 0.251 e. The normalized spacial score (nSPS) is 11.5. The summed E-state index contributed by atoms with van der Waals surface area (Å²) in [6.45, 7) is 2.46. The third-order valence-corrected chi connectivity index (χ3v) is 8.89. The maximum absolute atomic E-state index is 13.7. The van der Waals surface area contributed by atoms with E-state index in [0.29, 0.717) is 47.7 Å². The minimum absolute atomic E-state index is 0.00683. The zero-order chi connectivity index (χ0) is 31.8. The van der Waals surface area contributed by atoms with Gasteiger partial charge in [0.2, 0.25) is 0 Å². The number of pyridine rings is 2. The number of aromatic carboxylic acids is 1. The van der Waals surface area contributed by atoms with Gasteiger partial charge in [-0.15, -0.1) is 0 Å². The summed E-state index contributed by atoms with van der Waals surface area (Å²) in [6, 6.07) is 22.5. The summed E-state index contributed by atoms with van der Waals surface area (Å²) >= 11 is 0. The van der Waals surface area contributed by atoms with E-state index >= 15 is 0 Å². The number of carboxylic acid groups (broad SMARTS) is 1. The van der Waals surface area contributed by atoms with Crippen molar-refractivity contribution in [2.75, 3.05) is 6.54 Å². The van der Waals surface area contributed by atoms with Crippen LogP contribution in [0.1, 0.15) is 60.6 Å². The molecule has 46 heavy (non-hydrogen) atoms. The highest BCUT2D eigenvalue weighted by atomic mass is 16.4. The van der Waals surface area contributed by atoms with E-state index in [0.717, 1.165) is 49.0 Å². The highest BCUT2D eigenvalue weighted by Gasteiger charge is 2.22. The highest BCUT2D eigenvalue weighted by molar-refractivity contribution is 6.37. The summed E-state index contributed by atoms with van der Waals surface area (Å²) in [4.78, 5) is 47.9. The molecule has 1 N–H and O–H groups in total. The molecule has 0 unspecified atom stereocenters. The first kappa shape index (κ1) is 29.0. The van der Waals surface area contributed by atoms with Crippen molar-refractivity contribution < 1.29 is 19.5 Å². The number of rotatable bonds is 10. The molecule has 1 amide bonds. The molecular weight excluding hydrogens is 574 g/mol. The zero-order valence-electron chi connectivity index (χ0n) is 25.3. The van der Waals surface area contributed by atoms with Crippen LogP contribution in [0.15, 0.2) is 97.6 Å². The molecule has 0 bridgehead atoms. The van der Waals surface area contributed by atoms with E-state index in [1.807, 2.05) is 61.5 Å². The standard InChI is InChI=1S/C39H31N3O4/c1-23-9-10-26-28-11-14-30(33(43)8-2-5-24-6-3-18-40-21-24)37-32(39(45)46)16-13-29(36(28)37)27-12-15-31(34(23)35(26)27)38(44)42-20-17-25-7-4-19-41-22-25/h3-4,6-7,9-16,18-19,21-22H,2,5,8,17,20H2,1H3,(H,42,44)(H,45,46)/p-1. The van der Waals surface area contributed by atoms with Gasteiger partial charge in [0.25, 0.3) is 5.91 Å². The quantitative estimate of drug-likeness (QED) is 0.110. The number of hydrogen-bond acceptors (Lipinski definition) is 6. The number of amides is 1. The minimum atomic E-state index is -1.33. The molecule has 0 atom stereocenters. The summed E-state index contributed by atoms with van der Waals surface area (Å²) in [5.74, 6) is -1.61. The van der Waals surface area contributed by atoms with Gasteiger partial charge in [-0.2, -0.15) is 0 Å². The van der Waals surface area contributed by atoms with Crippen LogP contribution in [0.2, 0.25) is 0 Å². The van der Waals surface area contributed by atoms with Crippen LogP contribution in [0.5, 0.6) is 0 Å². The van der Waals surface area contributed by atoms with E-state index in [2.05, 4.69) is 15.3 Å². The molecule has 0 aliphatic carbocycles. The number of carbonyl (C=O) groups excluding carboxylic acids is 3. The Balaban J connectivity index is 1.33. The molecule has 0 fully saturated rings. The molecule has 0 saturated carbocycles. The maximum atomic E-state index is 13.7. The Labute approximate surface area is 265 Å². The van der Waals surface area contributed by atoms with Gasteiger partial charge in [0.15, 0.2) is 5.78 Å². The molecule has 0 aliphatic rings. The predicted octanol–water partition coefficient (Wildman–Crippen LogP) is 6.38. The highest BCUT2D eigenvalue weighted by Crippen LogP contribution is 2.44. The van der Waals surface area contributed by atoms with Gasteiger partial charge in [-0.25, -0.2) is 0 Å². The lowest BCUT2D eigenvalue weighted by atomic mass is 9.83. The number of Topliss-reactive ketones (excluding diaryl/α,β-unsaturated/α-hetero) is 1. The number of ketones is 1. The summed E-state index contributed by atoms with van der Waals surface area (Å²) < 4.78 is 0. The molecule has 7 rings (SSSR count). The van der Waals surface area contributed by atoms with Crippen LogP contribution >= 0.6 is 0 Å². The molecule has 7 nitrogen and oxygen atoms in total. The van der Waals surface area contributed by atoms with Gasteiger partial charge in [0.1, 0.15) is 0 Å². The van der Waals surface area contributed by atoms with Crippen molar-refractivity contribution in [3.8, 4) is 0 Å². The number of fused-ring (bicyclic) bond motifs is 2. The Morgan fingerprint density at radius 2 is 1.22 bits per heavy atom. The van der Waals surface area contributed by atoms with Crippen LogP contribution in [0.4, 0.5) is 0 Å². The summed E-state index contributed by atoms with van der Waals surface area (Å²) in [7, 11) is 0. The Morgan fingerprint density at radius 3 is 1.83 bits per heavy atom. The lowest BCUT2D eigenvalue weighted by Gasteiger charge is -2.20. The number of aryl methyl sites for hydroxylation is 2. The van der Waals surface area contributed by atoms with Gasteiger partial charge >= 0.3 is 0 Å². The van der Waals surface area contributed by atoms with Crippen molar-refractivity contribution in [1.82, 2.24) is 15.3 Å². The van der Waals surface area contributed by atoms with Gasteiger partial charge in [-0.3, -0.25) is 19.6 Å². The minimum Gasteiger partial charge on any atom is -0.545 e. The van der Waals surface area contributed by atoms with Gasteiger partial charge in [-0.1, -0.05) is 54.6 Å². The van der Waals surface area contributed by atoms with Crippen LogP contribution in [0.25, 0.3) is 43.1 Å². The van der Waals surface area contributed by atoms with Crippen LogP contribution in [-0.4, -0.2) is 34.2 Å². The second-order valence-corrected chi connectivity index (χ2v) is 11.7. The monoisotopic (exact) mass is 604 g/mol. The van der Waals surface area contributed by atoms with Crippen molar-refractivity contribution in [1.29, 1.82) is 0 Å². The molecule has 0 aliphatic heterocycles. The fourth-order valence-corrected chi connectivity index (χ4v) is 6.75. The molecule has 7 aromatic rings. The predicted molar refractivity (Wildman–Crippen MR) is 178 cm³/mol. The second-order valence-electron chi connectivity index (χ2n) is 11.7. The van der Waals surface area contributed by atoms with Gasteiger partial charge in [0.05, 0.1) is 5.97 Å². The third-order valence-electron chi connectivity index (χ3n) is 8.89. The van der Waals surface area contributed by atoms with E-state index in [-0.39, 0.29) is 23.7 Å². The first-order valence-electron chi connectivity index (χ1n) is 15.4. The van der Waals surface area contributed by atoms with Gasteiger partial charge in [-0.05, 0) is 98.8 Å². The topological polar surface area (TPSA) is 112 Å². The third kappa shape index (κ3) is 5.09. The van der Waals surface area contributed by atoms with Crippen molar-refractivity contribution >= 4 is 60.7 Å². The van der Waals surface area contributed by atoms with Gasteiger partial charge in [0, 0.05) is 59.8 Å². The summed E-state index contributed by atoms with van der Waals surface area (Å²) in [5.41, 5.74) is 4.00. The van der Waals surface area contributed by atoms with Crippen molar-refractivity contribution in [3.63, 3.8) is 0 Å². The Kier molecular flexibility index (Phi) is 7.58. The van der Waals surface area contributed by atoms with E-state index in [1.165, 1.54) is 6.07 Å². The lowest BCUT2D eigenvalue weighted by molar-refractivity contribution is -0.254. The number of carboxylic acids is 1. The lowest BCUT2D eigenvalue weighted by Crippen LogP contribution is -2.26. The molecule has 0 spiro atoms. The first-order valence-corrected chi connectivity index (χ1v) is 15.4. The number of nitrogens with one attached hydrogen (secondary N) is 1.